The number of rotatable bonds is 4. The van der Waals surface area contributed by atoms with Crippen LogP contribution in [0.1, 0.15) is 22.9 Å². The minimum atomic E-state index is -3.58. The normalized spacial score (nSPS) is 15.5. The molecule has 0 bridgehead atoms. The zero-order chi connectivity index (χ0) is 19.0. The molecule has 27 heavy (non-hydrogen) atoms. The monoisotopic (exact) mass is 386 g/mol. The molecule has 0 saturated carbocycles. The molecule has 9 heteroatoms. The molecule has 0 unspecified atom stereocenters. The Balaban J connectivity index is 1.51. The molecule has 0 aliphatic carbocycles. The van der Waals surface area contributed by atoms with Crippen molar-refractivity contribution < 1.29 is 8.42 Å². The van der Waals surface area contributed by atoms with Gasteiger partial charge in [0.25, 0.3) is 10.0 Å². The summed E-state index contributed by atoms with van der Waals surface area (Å²) in [5, 5.41) is 8.96. The Bertz CT molecular complexity index is 1030. The van der Waals surface area contributed by atoms with Crippen LogP contribution in [0.4, 0.5) is 0 Å². The first kappa shape index (κ1) is 17.9. The van der Waals surface area contributed by atoms with Crippen LogP contribution >= 0.6 is 0 Å². The lowest BCUT2D eigenvalue weighted by atomic mass is 10.1. The van der Waals surface area contributed by atoms with Crippen molar-refractivity contribution in [1.29, 1.82) is 0 Å². The van der Waals surface area contributed by atoms with Crippen molar-refractivity contribution in [1.82, 2.24) is 28.9 Å². The van der Waals surface area contributed by atoms with Crippen molar-refractivity contribution in [3.05, 3.63) is 59.3 Å². The zero-order valence-corrected chi connectivity index (χ0v) is 16.2. The second kappa shape index (κ2) is 6.90. The summed E-state index contributed by atoms with van der Waals surface area (Å²) in [5.41, 5.74) is 1.85. The zero-order valence-electron chi connectivity index (χ0n) is 15.4. The van der Waals surface area contributed by atoms with Crippen molar-refractivity contribution >= 4 is 10.0 Å². The first-order chi connectivity index (χ1) is 12.9. The third kappa shape index (κ3) is 3.52. The highest BCUT2D eigenvalue weighted by Crippen LogP contribution is 2.19. The Kier molecular flexibility index (Phi) is 4.56. The van der Waals surface area contributed by atoms with Gasteiger partial charge in [0.15, 0.2) is 10.9 Å². The molecule has 0 atom stereocenters. The summed E-state index contributed by atoms with van der Waals surface area (Å²) in [6.07, 6.45) is 1.22. The van der Waals surface area contributed by atoms with E-state index in [1.165, 1.54) is 8.99 Å². The molecule has 142 valence electrons. The SMILES string of the molecule is Cc1cc(S(=O)(=O)N2CCc3nc(Cc4ccccc4)nn3CC2)n(C)n1. The van der Waals surface area contributed by atoms with E-state index in [0.29, 0.717) is 38.2 Å². The first-order valence-corrected chi connectivity index (χ1v) is 10.3. The average molecular weight is 386 g/mol. The van der Waals surface area contributed by atoms with Gasteiger partial charge >= 0.3 is 0 Å². The molecule has 1 aromatic carbocycles. The van der Waals surface area contributed by atoms with Crippen molar-refractivity contribution in [2.45, 2.75) is 31.3 Å². The molecular weight excluding hydrogens is 364 g/mol. The second-order valence-corrected chi connectivity index (χ2v) is 8.62. The maximum absolute atomic E-state index is 13.0. The molecule has 3 aromatic rings. The van der Waals surface area contributed by atoms with Gasteiger partial charge in [0, 0.05) is 33.0 Å². The lowest BCUT2D eigenvalue weighted by Gasteiger charge is -2.19. The van der Waals surface area contributed by atoms with E-state index >= 15 is 0 Å². The molecule has 2 aromatic heterocycles. The lowest BCUT2D eigenvalue weighted by Crippen LogP contribution is -2.34. The van der Waals surface area contributed by atoms with Gasteiger partial charge in [-0.15, -0.1) is 0 Å². The van der Waals surface area contributed by atoms with Gasteiger partial charge in [-0.1, -0.05) is 30.3 Å². The van der Waals surface area contributed by atoms with Gasteiger partial charge in [-0.3, -0.25) is 4.68 Å². The Labute approximate surface area is 158 Å². The van der Waals surface area contributed by atoms with E-state index in [4.69, 9.17) is 0 Å². The molecule has 1 aliphatic rings. The summed E-state index contributed by atoms with van der Waals surface area (Å²) >= 11 is 0. The van der Waals surface area contributed by atoms with E-state index in [-0.39, 0.29) is 5.03 Å². The maximum atomic E-state index is 13.0. The summed E-state index contributed by atoms with van der Waals surface area (Å²) in [5.74, 6) is 1.61. The molecular formula is C18H22N6O2S. The number of sulfonamides is 1. The second-order valence-electron chi connectivity index (χ2n) is 6.73. The van der Waals surface area contributed by atoms with Gasteiger partial charge in [0.1, 0.15) is 5.82 Å². The Morgan fingerprint density at radius 3 is 2.56 bits per heavy atom. The third-order valence-corrected chi connectivity index (χ3v) is 6.66. The number of nitrogens with zero attached hydrogens (tertiary/aromatic N) is 6. The van der Waals surface area contributed by atoms with Crippen LogP contribution in [0.25, 0.3) is 0 Å². The van der Waals surface area contributed by atoms with E-state index in [1.54, 1.807) is 20.0 Å². The number of fused-ring (bicyclic) bond motifs is 1. The van der Waals surface area contributed by atoms with Crippen LogP contribution < -0.4 is 0 Å². The number of benzene rings is 1. The quantitative estimate of drug-likeness (QED) is 0.672. The molecule has 3 heterocycles. The van der Waals surface area contributed by atoms with Gasteiger partial charge in [-0.2, -0.15) is 14.5 Å². The third-order valence-electron chi connectivity index (χ3n) is 4.71. The van der Waals surface area contributed by atoms with Crippen LogP contribution in [0.5, 0.6) is 0 Å². The molecule has 0 spiro atoms. The molecule has 0 saturated heterocycles. The van der Waals surface area contributed by atoms with Crippen molar-refractivity contribution in [2.75, 3.05) is 13.1 Å². The van der Waals surface area contributed by atoms with Crippen LogP contribution in [0.15, 0.2) is 41.4 Å². The van der Waals surface area contributed by atoms with E-state index in [9.17, 15) is 8.42 Å². The molecule has 0 N–H and O–H groups in total. The maximum Gasteiger partial charge on any atom is 0.260 e. The van der Waals surface area contributed by atoms with E-state index in [2.05, 4.69) is 27.3 Å². The topological polar surface area (TPSA) is 85.9 Å². The molecule has 4 rings (SSSR count). The lowest BCUT2D eigenvalue weighted by molar-refractivity contribution is 0.403. The molecule has 0 fully saturated rings. The smallest absolute Gasteiger partial charge is 0.256 e. The van der Waals surface area contributed by atoms with Crippen LogP contribution in [-0.4, -0.2) is 50.4 Å². The number of hydrogen-bond donors (Lipinski definition) is 0. The van der Waals surface area contributed by atoms with Crippen LogP contribution in [0, 0.1) is 6.92 Å². The highest BCUT2D eigenvalue weighted by Gasteiger charge is 2.30. The van der Waals surface area contributed by atoms with Gasteiger partial charge in [-0.25, -0.2) is 18.1 Å². The number of hydrogen-bond acceptors (Lipinski definition) is 5. The fraction of sp³-hybridized carbons (Fsp3) is 0.389. The van der Waals surface area contributed by atoms with Crippen molar-refractivity contribution in [2.24, 2.45) is 7.05 Å². The Morgan fingerprint density at radius 2 is 1.85 bits per heavy atom. The average Bonchev–Trinajstić information content (AvgIpc) is 3.11. The van der Waals surface area contributed by atoms with Gasteiger partial charge in [-0.05, 0) is 18.6 Å². The summed E-state index contributed by atoms with van der Waals surface area (Å²) in [6.45, 7) is 3.03. The van der Waals surface area contributed by atoms with Gasteiger partial charge in [0.2, 0.25) is 0 Å². The van der Waals surface area contributed by atoms with E-state index in [0.717, 1.165) is 17.2 Å². The predicted molar refractivity (Wildman–Crippen MR) is 99.7 cm³/mol. The molecule has 8 nitrogen and oxygen atoms in total. The number of aromatic nitrogens is 5. The Morgan fingerprint density at radius 1 is 1.07 bits per heavy atom. The summed E-state index contributed by atoms with van der Waals surface area (Å²) in [6, 6.07) is 11.7. The summed E-state index contributed by atoms with van der Waals surface area (Å²) in [7, 11) is -1.93. The van der Waals surface area contributed by atoms with Crippen molar-refractivity contribution in [3.8, 4) is 0 Å². The van der Waals surface area contributed by atoms with Gasteiger partial charge in [0.05, 0.1) is 12.2 Å². The molecule has 0 radical (unpaired) electrons. The van der Waals surface area contributed by atoms with E-state index in [1.807, 2.05) is 22.9 Å². The van der Waals surface area contributed by atoms with Crippen LogP contribution in [0.2, 0.25) is 0 Å². The van der Waals surface area contributed by atoms with Crippen LogP contribution in [-0.2, 0) is 36.5 Å². The Hall–Kier alpha value is -2.52. The minimum absolute atomic E-state index is 0.220. The summed E-state index contributed by atoms with van der Waals surface area (Å²) < 4.78 is 30.7. The highest BCUT2D eigenvalue weighted by atomic mass is 32.2. The summed E-state index contributed by atoms with van der Waals surface area (Å²) in [4.78, 5) is 4.63. The van der Waals surface area contributed by atoms with Crippen LogP contribution in [0.3, 0.4) is 0 Å². The molecule has 0 amide bonds. The highest BCUT2D eigenvalue weighted by molar-refractivity contribution is 7.89. The van der Waals surface area contributed by atoms with E-state index < -0.39 is 10.0 Å². The number of aryl methyl sites for hydroxylation is 2. The minimum Gasteiger partial charge on any atom is -0.256 e. The molecule has 1 aliphatic heterocycles. The fourth-order valence-corrected chi connectivity index (χ4v) is 5.00. The fourth-order valence-electron chi connectivity index (χ4n) is 3.39. The van der Waals surface area contributed by atoms with Gasteiger partial charge < -0.3 is 0 Å². The first-order valence-electron chi connectivity index (χ1n) is 8.91. The largest absolute Gasteiger partial charge is 0.260 e. The standard InChI is InChI=1S/C18H22N6O2S/c1-14-12-18(22(2)20-14)27(25,26)23-9-8-17-19-16(21-24(17)11-10-23)13-15-6-4-3-5-7-15/h3-7,12H,8-11,13H2,1-2H3. The predicted octanol–water partition coefficient (Wildman–Crippen LogP) is 1.16. The van der Waals surface area contributed by atoms with Crippen molar-refractivity contribution in [3.63, 3.8) is 0 Å².